The van der Waals surface area contributed by atoms with Crippen LogP contribution < -0.4 is 0 Å². The molecule has 13 heavy (non-hydrogen) atoms. The maximum absolute atomic E-state index is 11.3. The number of ether oxygens (including phenoxy) is 1. The summed E-state index contributed by atoms with van der Waals surface area (Å²) in [6.45, 7) is 7.35. The molecule has 0 aromatic carbocycles. The van der Waals surface area contributed by atoms with Gasteiger partial charge in [-0.2, -0.15) is 0 Å². The number of fused-ring (bicyclic) bond motifs is 1. The quantitative estimate of drug-likeness (QED) is 0.481. The molecule has 2 nitrogen and oxygen atoms in total. The van der Waals surface area contributed by atoms with Crippen LogP contribution in [0.15, 0.2) is 12.2 Å². The number of hydrogen-bond acceptors (Lipinski definition) is 2. The average molecular weight is 180 g/mol. The topological polar surface area (TPSA) is 26.3 Å². The van der Waals surface area contributed by atoms with Crippen LogP contribution in [0.2, 0.25) is 0 Å². The average Bonchev–Trinajstić information content (AvgIpc) is 2.75. The molecule has 0 amide bonds. The van der Waals surface area contributed by atoms with Gasteiger partial charge in [0.2, 0.25) is 0 Å². The molecule has 3 unspecified atom stereocenters. The van der Waals surface area contributed by atoms with E-state index in [4.69, 9.17) is 4.74 Å². The highest BCUT2D eigenvalue weighted by molar-refractivity contribution is 5.87. The molecule has 0 N–H and O–H groups in total. The lowest BCUT2D eigenvalue weighted by molar-refractivity contribution is -0.154. The Bertz CT molecular complexity index is 269. The van der Waals surface area contributed by atoms with E-state index in [1.807, 2.05) is 0 Å². The van der Waals surface area contributed by atoms with E-state index in [0.29, 0.717) is 11.5 Å². The Kier molecular flexibility index (Phi) is 1.76. The first kappa shape index (κ1) is 8.79. The summed E-state index contributed by atoms with van der Waals surface area (Å²) in [7, 11) is 0. The molecule has 0 aliphatic heterocycles. The molecule has 2 fully saturated rings. The first-order valence-corrected chi connectivity index (χ1v) is 4.92. The van der Waals surface area contributed by atoms with Gasteiger partial charge in [-0.15, -0.1) is 0 Å². The van der Waals surface area contributed by atoms with Crippen LogP contribution in [0.5, 0.6) is 0 Å². The van der Waals surface area contributed by atoms with Gasteiger partial charge >= 0.3 is 5.97 Å². The summed E-state index contributed by atoms with van der Waals surface area (Å²) < 4.78 is 5.48. The van der Waals surface area contributed by atoms with Gasteiger partial charge in [0.15, 0.2) is 0 Å². The summed E-state index contributed by atoms with van der Waals surface area (Å²) in [5.41, 5.74) is 0.325. The zero-order valence-electron chi connectivity index (χ0n) is 8.30. The highest BCUT2D eigenvalue weighted by atomic mass is 16.6. The molecule has 0 bridgehead atoms. The Morgan fingerprint density at radius 1 is 1.62 bits per heavy atom. The van der Waals surface area contributed by atoms with E-state index in [1.54, 1.807) is 6.92 Å². The summed E-state index contributed by atoms with van der Waals surface area (Å²) in [4.78, 5) is 11.3. The van der Waals surface area contributed by atoms with Crippen LogP contribution in [0.25, 0.3) is 0 Å². The minimum Gasteiger partial charge on any atom is -0.456 e. The van der Waals surface area contributed by atoms with Crippen LogP contribution in [0, 0.1) is 11.8 Å². The van der Waals surface area contributed by atoms with Gasteiger partial charge in [-0.05, 0) is 39.0 Å². The van der Waals surface area contributed by atoms with Crippen molar-refractivity contribution in [2.45, 2.75) is 38.7 Å². The Morgan fingerprint density at radius 2 is 2.31 bits per heavy atom. The standard InChI is InChI=1S/C11H16O2/c1-7(2)10(12)13-11(3)5-4-8-6-9(8)11/h8-9H,1,4-6H2,2-3H3. The lowest BCUT2D eigenvalue weighted by Crippen LogP contribution is -2.32. The molecule has 2 rings (SSSR count). The van der Waals surface area contributed by atoms with E-state index in [1.165, 1.54) is 12.8 Å². The predicted octanol–water partition coefficient (Wildman–Crippen LogP) is 2.29. The zero-order valence-corrected chi connectivity index (χ0v) is 8.30. The first-order chi connectivity index (χ1) is 6.03. The van der Waals surface area contributed by atoms with Crippen LogP contribution in [0.1, 0.15) is 33.1 Å². The third-order valence-electron chi connectivity index (χ3n) is 3.39. The summed E-state index contributed by atoms with van der Waals surface area (Å²) in [6, 6.07) is 0. The molecule has 72 valence electrons. The van der Waals surface area contributed by atoms with Crippen molar-refractivity contribution < 1.29 is 9.53 Å². The molecule has 0 heterocycles. The Hall–Kier alpha value is -0.790. The van der Waals surface area contributed by atoms with Crippen LogP contribution in [-0.4, -0.2) is 11.6 Å². The van der Waals surface area contributed by atoms with Crippen molar-refractivity contribution in [2.75, 3.05) is 0 Å². The third kappa shape index (κ3) is 1.38. The second-order valence-corrected chi connectivity index (χ2v) is 4.62. The molecule has 0 aromatic heterocycles. The van der Waals surface area contributed by atoms with Crippen molar-refractivity contribution in [2.24, 2.45) is 11.8 Å². The van der Waals surface area contributed by atoms with Crippen molar-refractivity contribution in [3.63, 3.8) is 0 Å². The highest BCUT2D eigenvalue weighted by Gasteiger charge is 2.57. The summed E-state index contributed by atoms with van der Waals surface area (Å²) in [5.74, 6) is 1.24. The van der Waals surface area contributed by atoms with E-state index < -0.39 is 0 Å². The molecule has 3 atom stereocenters. The maximum Gasteiger partial charge on any atom is 0.333 e. The number of esters is 1. The van der Waals surface area contributed by atoms with Crippen molar-refractivity contribution in [1.82, 2.24) is 0 Å². The lowest BCUT2D eigenvalue weighted by atomic mass is 10.00. The molecule has 2 saturated carbocycles. The molecule has 2 aliphatic rings. The van der Waals surface area contributed by atoms with E-state index >= 15 is 0 Å². The van der Waals surface area contributed by atoms with Gasteiger partial charge in [0.25, 0.3) is 0 Å². The molecule has 2 aliphatic carbocycles. The van der Waals surface area contributed by atoms with Crippen molar-refractivity contribution in [3.05, 3.63) is 12.2 Å². The molecule has 0 radical (unpaired) electrons. The Morgan fingerprint density at radius 3 is 2.69 bits per heavy atom. The minimum atomic E-state index is -0.227. The van der Waals surface area contributed by atoms with Gasteiger partial charge in [-0.3, -0.25) is 0 Å². The van der Waals surface area contributed by atoms with Crippen molar-refractivity contribution in [3.8, 4) is 0 Å². The van der Waals surface area contributed by atoms with Gasteiger partial charge in [-0.25, -0.2) is 4.79 Å². The molecule has 0 aromatic rings. The molecule has 2 heteroatoms. The molecule has 0 saturated heterocycles. The van der Waals surface area contributed by atoms with Gasteiger partial charge < -0.3 is 4.74 Å². The van der Waals surface area contributed by atoms with Crippen LogP contribution >= 0.6 is 0 Å². The Labute approximate surface area is 79.0 Å². The molecular weight excluding hydrogens is 164 g/mol. The van der Waals surface area contributed by atoms with Gasteiger partial charge in [0, 0.05) is 11.5 Å². The normalized spacial score (nSPS) is 41.1. The van der Waals surface area contributed by atoms with E-state index in [0.717, 1.165) is 12.3 Å². The minimum absolute atomic E-state index is 0.180. The second kappa shape index (κ2) is 2.60. The van der Waals surface area contributed by atoms with Crippen molar-refractivity contribution >= 4 is 5.97 Å². The van der Waals surface area contributed by atoms with Crippen LogP contribution in [-0.2, 0) is 9.53 Å². The van der Waals surface area contributed by atoms with Crippen LogP contribution in [0.4, 0.5) is 0 Å². The summed E-state index contributed by atoms with van der Waals surface area (Å²) in [5, 5.41) is 0. The number of carbonyl (C=O) groups is 1. The summed E-state index contributed by atoms with van der Waals surface area (Å²) in [6.07, 6.45) is 3.51. The number of hydrogen-bond donors (Lipinski definition) is 0. The van der Waals surface area contributed by atoms with Crippen molar-refractivity contribution in [1.29, 1.82) is 0 Å². The number of rotatable bonds is 2. The molecular formula is C11H16O2. The van der Waals surface area contributed by atoms with Crippen LogP contribution in [0.3, 0.4) is 0 Å². The molecule has 0 spiro atoms. The fraction of sp³-hybridized carbons (Fsp3) is 0.727. The Balaban J connectivity index is 2.00. The van der Waals surface area contributed by atoms with E-state index in [-0.39, 0.29) is 11.6 Å². The second-order valence-electron chi connectivity index (χ2n) is 4.62. The van der Waals surface area contributed by atoms with Gasteiger partial charge in [0.05, 0.1) is 0 Å². The first-order valence-electron chi connectivity index (χ1n) is 4.92. The monoisotopic (exact) mass is 180 g/mol. The fourth-order valence-electron chi connectivity index (χ4n) is 2.40. The summed E-state index contributed by atoms with van der Waals surface area (Å²) >= 11 is 0. The highest BCUT2D eigenvalue weighted by Crippen LogP contribution is 2.58. The van der Waals surface area contributed by atoms with Gasteiger partial charge in [0.1, 0.15) is 5.60 Å². The maximum atomic E-state index is 11.3. The predicted molar refractivity (Wildman–Crippen MR) is 50.1 cm³/mol. The SMILES string of the molecule is C=C(C)C(=O)OC1(C)CCC2CC21. The van der Waals surface area contributed by atoms with Gasteiger partial charge in [-0.1, -0.05) is 6.58 Å². The largest absolute Gasteiger partial charge is 0.456 e. The zero-order chi connectivity index (χ0) is 9.64. The fourth-order valence-corrected chi connectivity index (χ4v) is 2.40. The number of carbonyl (C=O) groups excluding carboxylic acids is 1. The van der Waals surface area contributed by atoms with E-state index in [2.05, 4.69) is 13.5 Å². The lowest BCUT2D eigenvalue weighted by Gasteiger charge is -2.26. The smallest absolute Gasteiger partial charge is 0.333 e. The third-order valence-corrected chi connectivity index (χ3v) is 3.39. The van der Waals surface area contributed by atoms with E-state index in [9.17, 15) is 4.79 Å².